The molecule has 0 saturated carbocycles. The fraction of sp³-hybridized carbons (Fsp3) is 0.308. The van der Waals surface area contributed by atoms with Crippen LogP contribution in [0.25, 0.3) is 16.5 Å². The van der Waals surface area contributed by atoms with Gasteiger partial charge in [-0.25, -0.2) is 4.79 Å². The Morgan fingerprint density at radius 3 is 1.97 bits per heavy atom. The number of allylic oxidation sites excluding steroid dienone is 2. The Labute approximate surface area is 215 Å². The van der Waals surface area contributed by atoms with Gasteiger partial charge in [-0.3, -0.25) is 4.79 Å². The Morgan fingerprint density at radius 1 is 0.846 bits per heavy atom. The zero-order valence-electron chi connectivity index (χ0n) is 20.7. The Hall–Kier alpha value is -3.77. The number of alkyl halides is 9. The van der Waals surface area contributed by atoms with Gasteiger partial charge in [0, 0.05) is 24.0 Å². The molecule has 0 radical (unpaired) electrons. The number of hydrogen-bond donors (Lipinski definition) is 0. The average molecular weight is 565 g/mol. The monoisotopic (exact) mass is 565 g/mol. The molecule has 0 aliphatic carbocycles. The van der Waals surface area contributed by atoms with Crippen LogP contribution in [-0.4, -0.2) is 28.1 Å². The molecule has 0 aliphatic rings. The highest BCUT2D eigenvalue weighted by Crippen LogP contribution is 2.39. The zero-order valence-corrected chi connectivity index (χ0v) is 20.7. The second-order valence-electron chi connectivity index (χ2n) is 9.54. The van der Waals surface area contributed by atoms with Crippen molar-refractivity contribution in [3.05, 3.63) is 76.5 Å². The van der Waals surface area contributed by atoms with Gasteiger partial charge >= 0.3 is 24.5 Å². The van der Waals surface area contributed by atoms with Gasteiger partial charge in [0.1, 0.15) is 5.60 Å². The SMILES string of the molecule is Cn1c(C(=O)/C=C(\c2cccc(C(F)(F)F)c2)C(F)(F)F)cc2cc(C(=O)OC(C)(C)C)c(C(F)(F)F)cc21. The van der Waals surface area contributed by atoms with Crippen molar-refractivity contribution in [1.82, 2.24) is 4.57 Å². The fourth-order valence-electron chi connectivity index (χ4n) is 3.75. The smallest absolute Gasteiger partial charge is 0.417 e. The van der Waals surface area contributed by atoms with Crippen molar-refractivity contribution in [3.8, 4) is 0 Å². The molecule has 4 nitrogen and oxygen atoms in total. The van der Waals surface area contributed by atoms with E-state index in [1.165, 1.54) is 20.8 Å². The minimum absolute atomic E-state index is 0.0726. The lowest BCUT2D eigenvalue weighted by atomic mass is 10.0. The zero-order chi connectivity index (χ0) is 29.7. The lowest BCUT2D eigenvalue weighted by molar-refractivity contribution is -0.138. The summed E-state index contributed by atoms with van der Waals surface area (Å²) in [6.07, 6.45) is -15.2. The number of ether oxygens (including phenoxy) is 1. The minimum Gasteiger partial charge on any atom is -0.456 e. The van der Waals surface area contributed by atoms with E-state index in [4.69, 9.17) is 4.74 Å². The standard InChI is InChI=1S/C26H20F9NO3/c1-23(2,3)39-22(38)16-9-14-10-20(36(4)19(14)11-18(16)26(33,34)35)21(37)12-17(25(30,31)32)13-6-5-7-15(8-13)24(27,28)29/h5-12H,1-4H3/b17-12+. The van der Waals surface area contributed by atoms with Crippen LogP contribution < -0.4 is 0 Å². The Morgan fingerprint density at radius 2 is 1.46 bits per heavy atom. The van der Waals surface area contributed by atoms with Crippen LogP contribution in [0.15, 0.2) is 48.5 Å². The van der Waals surface area contributed by atoms with Crippen LogP contribution in [0.4, 0.5) is 39.5 Å². The first-order valence-electron chi connectivity index (χ1n) is 11.0. The van der Waals surface area contributed by atoms with Gasteiger partial charge in [-0.1, -0.05) is 12.1 Å². The number of aromatic nitrogens is 1. The molecular formula is C26H20F9NO3. The Kier molecular flexibility index (Phi) is 7.45. The summed E-state index contributed by atoms with van der Waals surface area (Å²) in [6, 6.07) is 4.63. The van der Waals surface area contributed by atoms with Crippen molar-refractivity contribution in [1.29, 1.82) is 0 Å². The number of fused-ring (bicyclic) bond motifs is 1. The number of esters is 1. The second-order valence-corrected chi connectivity index (χ2v) is 9.54. The number of carbonyl (C=O) groups is 2. The summed E-state index contributed by atoms with van der Waals surface area (Å²) in [5.41, 5.74) is -8.14. The third kappa shape index (κ3) is 6.63. The van der Waals surface area contributed by atoms with Gasteiger partial charge in [-0.05, 0) is 56.7 Å². The molecule has 0 amide bonds. The van der Waals surface area contributed by atoms with Crippen LogP contribution in [-0.2, 0) is 24.1 Å². The molecule has 0 saturated heterocycles. The first kappa shape index (κ1) is 29.8. The maximum absolute atomic E-state index is 13.8. The van der Waals surface area contributed by atoms with Crippen molar-refractivity contribution in [3.63, 3.8) is 0 Å². The maximum Gasteiger partial charge on any atom is 0.417 e. The summed E-state index contributed by atoms with van der Waals surface area (Å²) >= 11 is 0. The predicted molar refractivity (Wildman–Crippen MR) is 123 cm³/mol. The van der Waals surface area contributed by atoms with Gasteiger partial charge < -0.3 is 9.30 Å². The van der Waals surface area contributed by atoms with Crippen molar-refractivity contribution >= 4 is 28.2 Å². The van der Waals surface area contributed by atoms with E-state index in [0.717, 1.165) is 35.9 Å². The Bertz CT molecular complexity index is 1470. The number of aryl methyl sites for hydroxylation is 1. The molecule has 0 spiro atoms. The van der Waals surface area contributed by atoms with E-state index in [9.17, 15) is 49.1 Å². The average Bonchev–Trinajstić information content (AvgIpc) is 3.09. The van der Waals surface area contributed by atoms with Crippen LogP contribution in [0.3, 0.4) is 0 Å². The normalized spacial score (nSPS) is 13.6. The third-order valence-corrected chi connectivity index (χ3v) is 5.44. The van der Waals surface area contributed by atoms with Crippen molar-refractivity contribution in [2.24, 2.45) is 7.05 Å². The van der Waals surface area contributed by atoms with Gasteiger partial charge in [0.15, 0.2) is 0 Å². The summed E-state index contributed by atoms with van der Waals surface area (Å²) < 4.78 is 128. The molecule has 0 N–H and O–H groups in total. The number of carbonyl (C=O) groups excluding carboxylic acids is 2. The molecule has 1 heterocycles. The molecule has 39 heavy (non-hydrogen) atoms. The first-order valence-corrected chi connectivity index (χ1v) is 11.0. The number of nitrogens with zero attached hydrogens (tertiary/aromatic N) is 1. The molecule has 0 fully saturated rings. The highest BCUT2D eigenvalue weighted by atomic mass is 19.4. The molecule has 1 aromatic heterocycles. The highest BCUT2D eigenvalue weighted by molar-refractivity contribution is 6.11. The molecule has 13 heteroatoms. The van der Waals surface area contributed by atoms with Crippen molar-refractivity contribution in [2.45, 2.75) is 44.9 Å². The maximum atomic E-state index is 13.8. The quantitative estimate of drug-likeness (QED) is 0.139. The number of benzene rings is 2. The van der Waals surface area contributed by atoms with Gasteiger partial charge in [-0.2, -0.15) is 39.5 Å². The van der Waals surface area contributed by atoms with E-state index in [-0.39, 0.29) is 23.0 Å². The molecule has 0 aliphatic heterocycles. The molecule has 210 valence electrons. The minimum atomic E-state index is -5.25. The predicted octanol–water partition coefficient (Wildman–Crippen LogP) is 8.00. The van der Waals surface area contributed by atoms with Crippen LogP contribution >= 0.6 is 0 Å². The number of hydrogen-bond acceptors (Lipinski definition) is 3. The van der Waals surface area contributed by atoms with Gasteiger partial charge in [0.2, 0.25) is 5.78 Å². The third-order valence-electron chi connectivity index (χ3n) is 5.44. The number of rotatable bonds is 4. The largest absolute Gasteiger partial charge is 0.456 e. The summed E-state index contributed by atoms with van der Waals surface area (Å²) in [4.78, 5) is 25.4. The second kappa shape index (κ2) is 9.76. The molecule has 0 bridgehead atoms. The van der Waals surface area contributed by atoms with E-state index in [2.05, 4.69) is 0 Å². The number of halogens is 9. The Balaban J connectivity index is 2.18. The van der Waals surface area contributed by atoms with Crippen LogP contribution in [0, 0.1) is 0 Å². The summed E-state index contributed by atoms with van der Waals surface area (Å²) in [7, 11) is 1.12. The first-order chi connectivity index (χ1) is 17.6. The summed E-state index contributed by atoms with van der Waals surface area (Å²) in [6.45, 7) is 4.31. The molecule has 0 atom stereocenters. The van der Waals surface area contributed by atoms with E-state index in [1.54, 1.807) is 0 Å². The van der Waals surface area contributed by atoms with E-state index < -0.39 is 69.4 Å². The molecule has 0 unspecified atom stereocenters. The fourth-order valence-corrected chi connectivity index (χ4v) is 3.75. The van der Waals surface area contributed by atoms with E-state index >= 15 is 0 Å². The van der Waals surface area contributed by atoms with Crippen molar-refractivity contribution < 1.29 is 53.8 Å². The van der Waals surface area contributed by atoms with Crippen LogP contribution in [0.2, 0.25) is 0 Å². The molecule has 3 rings (SSSR count). The topological polar surface area (TPSA) is 48.3 Å². The van der Waals surface area contributed by atoms with E-state index in [0.29, 0.717) is 12.1 Å². The lowest BCUT2D eigenvalue weighted by Gasteiger charge is -2.21. The number of ketones is 1. The van der Waals surface area contributed by atoms with Gasteiger partial charge in [0.05, 0.1) is 28.0 Å². The van der Waals surface area contributed by atoms with Gasteiger partial charge in [0.25, 0.3) is 0 Å². The van der Waals surface area contributed by atoms with Crippen LogP contribution in [0.5, 0.6) is 0 Å². The summed E-state index contributed by atoms with van der Waals surface area (Å²) in [5, 5.41) is -0.0873. The molecular weight excluding hydrogens is 545 g/mol. The van der Waals surface area contributed by atoms with Crippen LogP contribution in [0.1, 0.15) is 58.3 Å². The lowest BCUT2D eigenvalue weighted by Crippen LogP contribution is -2.25. The van der Waals surface area contributed by atoms with Crippen molar-refractivity contribution in [2.75, 3.05) is 0 Å². The highest BCUT2D eigenvalue weighted by Gasteiger charge is 2.39. The summed E-state index contributed by atoms with van der Waals surface area (Å²) in [5.74, 6) is -2.65. The molecule has 3 aromatic rings. The van der Waals surface area contributed by atoms with E-state index in [1.807, 2.05) is 0 Å². The van der Waals surface area contributed by atoms with Gasteiger partial charge in [-0.15, -0.1) is 0 Å². The molecule has 2 aromatic carbocycles.